The summed E-state index contributed by atoms with van der Waals surface area (Å²) in [4.78, 5) is 18.9. The summed E-state index contributed by atoms with van der Waals surface area (Å²) in [6, 6.07) is 11.9. The van der Waals surface area contributed by atoms with Crippen LogP contribution in [0.25, 0.3) is 5.69 Å². The first-order valence-corrected chi connectivity index (χ1v) is 14.4. The summed E-state index contributed by atoms with van der Waals surface area (Å²) in [6.45, 7) is 1.43. The normalized spacial score (nSPS) is 20.4. The molecule has 12 heteroatoms. The summed E-state index contributed by atoms with van der Waals surface area (Å²) < 4.78 is 79.8. The molecular weight excluding hydrogens is 535 g/mol. The van der Waals surface area contributed by atoms with Crippen molar-refractivity contribution in [3.8, 4) is 11.4 Å². The highest BCUT2D eigenvalue weighted by Crippen LogP contribution is 2.48. The smallest absolute Gasteiger partial charge is 0.431 e. The molecule has 3 aliphatic heterocycles. The van der Waals surface area contributed by atoms with Crippen LogP contribution in [0.5, 0.6) is 5.75 Å². The van der Waals surface area contributed by atoms with Gasteiger partial charge >= 0.3 is 6.18 Å². The number of hydrogen-bond acceptors (Lipinski definition) is 6. The van der Waals surface area contributed by atoms with E-state index in [1.54, 1.807) is 29.2 Å². The Morgan fingerprint density at radius 1 is 1.08 bits per heavy atom. The first kappa shape index (κ1) is 25.9. The Balaban J connectivity index is 1.20. The molecule has 1 aromatic carbocycles. The van der Waals surface area contributed by atoms with E-state index >= 15 is 0 Å². The van der Waals surface area contributed by atoms with Crippen molar-refractivity contribution in [2.24, 2.45) is 5.92 Å². The van der Waals surface area contributed by atoms with Crippen LogP contribution in [-0.2, 0) is 26.4 Å². The molecular formula is C27H26F3N3O5S. The summed E-state index contributed by atoms with van der Waals surface area (Å²) in [7, 11) is -3.56. The molecule has 3 aliphatic rings. The van der Waals surface area contributed by atoms with Crippen molar-refractivity contribution in [2.75, 3.05) is 32.1 Å². The SMILES string of the molecule is O=C(c1ccc(S(=O)(=O)CC2CCOC2)cn1)N1CCC2(CC1)Oc1ccccc1-n1c(C(F)(F)F)ccc12. The van der Waals surface area contributed by atoms with Gasteiger partial charge in [-0.05, 0) is 48.7 Å². The topological polar surface area (TPSA) is 90.7 Å². The zero-order chi connectivity index (χ0) is 27.4. The Morgan fingerprint density at radius 3 is 2.51 bits per heavy atom. The van der Waals surface area contributed by atoms with Gasteiger partial charge in [-0.15, -0.1) is 0 Å². The summed E-state index contributed by atoms with van der Waals surface area (Å²) in [6.07, 6.45) is -2.08. The molecule has 206 valence electrons. The van der Waals surface area contributed by atoms with Gasteiger partial charge in [0.15, 0.2) is 15.4 Å². The minimum Gasteiger partial charge on any atom is -0.479 e. The predicted molar refractivity (Wildman–Crippen MR) is 133 cm³/mol. The maximum Gasteiger partial charge on any atom is 0.431 e. The maximum atomic E-state index is 13.9. The van der Waals surface area contributed by atoms with E-state index in [0.29, 0.717) is 36.8 Å². The van der Waals surface area contributed by atoms with E-state index < -0.39 is 27.3 Å². The average Bonchev–Trinajstić information content (AvgIpc) is 3.60. The second-order valence-corrected chi connectivity index (χ2v) is 12.2. The molecule has 0 radical (unpaired) electrons. The molecule has 1 unspecified atom stereocenters. The highest BCUT2D eigenvalue weighted by Gasteiger charge is 2.48. The molecule has 3 aromatic rings. The minimum atomic E-state index is -4.54. The van der Waals surface area contributed by atoms with E-state index in [9.17, 15) is 26.4 Å². The predicted octanol–water partition coefficient (Wildman–Crippen LogP) is 4.23. The van der Waals surface area contributed by atoms with Crippen LogP contribution in [0.4, 0.5) is 13.2 Å². The fourth-order valence-electron chi connectivity index (χ4n) is 5.67. The van der Waals surface area contributed by atoms with Crippen molar-refractivity contribution in [2.45, 2.75) is 35.9 Å². The minimum absolute atomic E-state index is 0.0307. The highest BCUT2D eigenvalue weighted by atomic mass is 32.2. The van der Waals surface area contributed by atoms with Gasteiger partial charge < -0.3 is 18.9 Å². The molecule has 2 fully saturated rings. The lowest BCUT2D eigenvalue weighted by Crippen LogP contribution is -2.50. The van der Waals surface area contributed by atoms with Gasteiger partial charge in [0.05, 0.1) is 28.6 Å². The molecule has 39 heavy (non-hydrogen) atoms. The molecule has 2 aromatic heterocycles. The quantitative estimate of drug-likeness (QED) is 0.474. The van der Waals surface area contributed by atoms with E-state index in [1.165, 1.54) is 29.0 Å². The molecule has 2 saturated heterocycles. The zero-order valence-corrected chi connectivity index (χ0v) is 21.7. The zero-order valence-electron chi connectivity index (χ0n) is 20.9. The number of likely N-dealkylation sites (tertiary alicyclic amines) is 1. The van der Waals surface area contributed by atoms with Gasteiger partial charge in [-0.25, -0.2) is 13.4 Å². The summed E-state index contributed by atoms with van der Waals surface area (Å²) >= 11 is 0. The molecule has 0 N–H and O–H groups in total. The number of halogens is 3. The van der Waals surface area contributed by atoms with E-state index in [-0.39, 0.29) is 54.1 Å². The molecule has 5 heterocycles. The van der Waals surface area contributed by atoms with Gasteiger partial charge in [-0.1, -0.05) is 12.1 Å². The number of piperidine rings is 1. The van der Waals surface area contributed by atoms with E-state index in [0.717, 1.165) is 6.07 Å². The molecule has 0 saturated carbocycles. The number of benzene rings is 1. The first-order valence-electron chi connectivity index (χ1n) is 12.7. The van der Waals surface area contributed by atoms with Gasteiger partial charge in [0.2, 0.25) is 0 Å². The van der Waals surface area contributed by atoms with Crippen molar-refractivity contribution in [1.29, 1.82) is 0 Å². The standard InChI is InChI=1S/C27H26F3N3O5S/c28-27(29,30)24-8-7-23-26(38-22-4-2-1-3-21(22)33(23)24)10-12-32(13-11-26)25(34)20-6-5-19(15-31-20)39(35,36)17-18-9-14-37-16-18/h1-8,15,18H,9-14,16-17H2. The number of para-hydroxylation sites is 2. The Morgan fingerprint density at radius 2 is 1.85 bits per heavy atom. The van der Waals surface area contributed by atoms with Crippen molar-refractivity contribution < 1.29 is 35.9 Å². The number of aromatic nitrogens is 2. The lowest BCUT2D eigenvalue weighted by Gasteiger charge is -2.45. The third-order valence-corrected chi connectivity index (χ3v) is 9.57. The van der Waals surface area contributed by atoms with Gasteiger partial charge in [-0.3, -0.25) is 4.79 Å². The number of hydrogen-bond donors (Lipinski definition) is 0. The molecule has 1 spiro atoms. The van der Waals surface area contributed by atoms with Crippen LogP contribution in [-0.4, -0.2) is 60.8 Å². The molecule has 0 bridgehead atoms. The van der Waals surface area contributed by atoms with E-state index in [4.69, 9.17) is 9.47 Å². The van der Waals surface area contributed by atoms with Gasteiger partial charge in [0.1, 0.15) is 17.1 Å². The third kappa shape index (κ3) is 4.59. The largest absolute Gasteiger partial charge is 0.479 e. The number of nitrogens with zero attached hydrogens (tertiary/aromatic N) is 3. The van der Waals surface area contributed by atoms with Crippen LogP contribution in [0.15, 0.2) is 59.6 Å². The Labute approximate surface area is 223 Å². The summed E-state index contributed by atoms with van der Waals surface area (Å²) in [5.74, 6) is -0.106. The van der Waals surface area contributed by atoms with Gasteiger partial charge in [0, 0.05) is 38.7 Å². The second kappa shape index (κ2) is 9.37. The number of alkyl halides is 3. The summed E-state index contributed by atoms with van der Waals surface area (Å²) in [5, 5.41) is 0. The van der Waals surface area contributed by atoms with Crippen molar-refractivity contribution in [1.82, 2.24) is 14.5 Å². The molecule has 1 amide bonds. The lowest BCUT2D eigenvalue weighted by molar-refractivity contribution is -0.143. The maximum absolute atomic E-state index is 13.9. The van der Waals surface area contributed by atoms with Gasteiger partial charge in [-0.2, -0.15) is 13.2 Å². The number of ether oxygens (including phenoxy) is 2. The van der Waals surface area contributed by atoms with E-state index in [1.807, 2.05) is 0 Å². The number of sulfone groups is 1. The number of pyridine rings is 1. The Hall–Kier alpha value is -3.38. The van der Waals surface area contributed by atoms with E-state index in [2.05, 4.69) is 4.98 Å². The fourth-order valence-corrected chi connectivity index (χ4v) is 7.23. The summed E-state index contributed by atoms with van der Waals surface area (Å²) in [5.41, 5.74) is -0.962. The second-order valence-electron chi connectivity index (χ2n) is 10.2. The van der Waals surface area contributed by atoms with Gasteiger partial charge in [0.25, 0.3) is 5.91 Å². The highest BCUT2D eigenvalue weighted by molar-refractivity contribution is 7.91. The Kier molecular flexibility index (Phi) is 6.22. The number of carbonyl (C=O) groups is 1. The molecule has 0 aliphatic carbocycles. The van der Waals surface area contributed by atoms with Crippen LogP contribution in [0.3, 0.4) is 0 Å². The van der Waals surface area contributed by atoms with Crippen LogP contribution < -0.4 is 4.74 Å². The molecule has 8 nitrogen and oxygen atoms in total. The number of fused-ring (bicyclic) bond motifs is 4. The third-order valence-electron chi connectivity index (χ3n) is 7.70. The van der Waals surface area contributed by atoms with Crippen LogP contribution in [0.1, 0.15) is 41.1 Å². The van der Waals surface area contributed by atoms with Crippen LogP contribution in [0, 0.1) is 5.92 Å². The number of amides is 1. The number of carbonyl (C=O) groups excluding carboxylic acids is 1. The monoisotopic (exact) mass is 561 g/mol. The molecule has 6 rings (SSSR count). The van der Waals surface area contributed by atoms with Crippen molar-refractivity contribution in [3.63, 3.8) is 0 Å². The fraction of sp³-hybridized carbons (Fsp3) is 0.407. The average molecular weight is 562 g/mol. The Bertz CT molecular complexity index is 1500. The first-order chi connectivity index (χ1) is 18.6. The van der Waals surface area contributed by atoms with Crippen LogP contribution >= 0.6 is 0 Å². The molecule has 1 atom stereocenters. The van der Waals surface area contributed by atoms with Crippen molar-refractivity contribution >= 4 is 15.7 Å². The van der Waals surface area contributed by atoms with Crippen LogP contribution in [0.2, 0.25) is 0 Å². The van der Waals surface area contributed by atoms with Crippen molar-refractivity contribution in [3.05, 3.63) is 71.8 Å². The number of rotatable bonds is 4. The lowest BCUT2D eigenvalue weighted by atomic mass is 9.86.